The van der Waals surface area contributed by atoms with E-state index in [1.807, 2.05) is 12.1 Å². The van der Waals surface area contributed by atoms with Gasteiger partial charge in [-0.2, -0.15) is 0 Å². The number of ether oxygens (including phenoxy) is 1. The molecule has 166 valence electrons. The van der Waals surface area contributed by atoms with Crippen molar-refractivity contribution in [3.63, 3.8) is 0 Å². The number of benzene rings is 2. The summed E-state index contributed by atoms with van der Waals surface area (Å²) in [6, 6.07) is 16.7. The van der Waals surface area contributed by atoms with Gasteiger partial charge in [-0.1, -0.05) is 12.1 Å². The third kappa shape index (κ3) is 5.70. The Labute approximate surface area is 187 Å². The number of hydrogen-bond acceptors (Lipinski definition) is 6. The molecule has 1 aliphatic rings. The van der Waals surface area contributed by atoms with E-state index >= 15 is 0 Å². The van der Waals surface area contributed by atoms with Gasteiger partial charge in [-0.15, -0.1) is 0 Å². The fourth-order valence-corrected chi connectivity index (χ4v) is 4.38. The van der Waals surface area contributed by atoms with E-state index in [1.165, 1.54) is 18.3 Å². The Balaban J connectivity index is 1.36. The van der Waals surface area contributed by atoms with Gasteiger partial charge in [-0.3, -0.25) is 19.4 Å². The minimum Gasteiger partial charge on any atom is -0.379 e. The lowest BCUT2D eigenvalue weighted by Gasteiger charge is -2.26. The first-order valence-corrected chi connectivity index (χ1v) is 11.7. The van der Waals surface area contributed by atoms with Gasteiger partial charge in [0.15, 0.2) is 0 Å². The second-order valence-electron chi connectivity index (χ2n) is 7.41. The van der Waals surface area contributed by atoms with Crippen LogP contribution in [0.4, 0.5) is 11.4 Å². The zero-order valence-corrected chi connectivity index (χ0v) is 18.2. The van der Waals surface area contributed by atoms with Crippen molar-refractivity contribution in [3.8, 4) is 0 Å². The van der Waals surface area contributed by atoms with Crippen LogP contribution in [0, 0.1) is 0 Å². The maximum atomic E-state index is 12.6. The third-order valence-electron chi connectivity index (χ3n) is 5.06. The Morgan fingerprint density at radius 1 is 0.969 bits per heavy atom. The molecule has 0 saturated carbocycles. The Morgan fingerprint density at radius 2 is 1.69 bits per heavy atom. The maximum absolute atomic E-state index is 12.6. The number of rotatable bonds is 7. The van der Waals surface area contributed by atoms with Gasteiger partial charge in [0.25, 0.3) is 15.9 Å². The van der Waals surface area contributed by atoms with Crippen LogP contribution in [0.2, 0.25) is 0 Å². The van der Waals surface area contributed by atoms with Gasteiger partial charge in [0.2, 0.25) is 0 Å². The number of carbonyl (C=O) groups excluding carboxylic acids is 1. The van der Waals surface area contributed by atoms with Crippen molar-refractivity contribution >= 4 is 27.3 Å². The summed E-state index contributed by atoms with van der Waals surface area (Å²) in [6.07, 6.45) is 2.99. The molecular weight excluding hydrogens is 428 g/mol. The predicted octanol–water partition coefficient (Wildman–Crippen LogP) is 2.97. The molecule has 8 nitrogen and oxygen atoms in total. The number of aromatic nitrogens is 1. The molecule has 0 atom stereocenters. The zero-order chi connectivity index (χ0) is 22.4. The van der Waals surface area contributed by atoms with E-state index in [-0.39, 0.29) is 10.8 Å². The molecule has 9 heteroatoms. The molecule has 3 aromatic rings. The lowest BCUT2D eigenvalue weighted by molar-refractivity contribution is 0.0342. The highest BCUT2D eigenvalue weighted by molar-refractivity contribution is 7.92. The van der Waals surface area contributed by atoms with Crippen LogP contribution in [-0.2, 0) is 21.3 Å². The molecule has 4 rings (SSSR count). The van der Waals surface area contributed by atoms with Gasteiger partial charge in [0.05, 0.1) is 30.0 Å². The second-order valence-corrected chi connectivity index (χ2v) is 9.09. The molecule has 1 aliphatic heterocycles. The van der Waals surface area contributed by atoms with Crippen LogP contribution in [0.5, 0.6) is 0 Å². The van der Waals surface area contributed by atoms with Crippen molar-refractivity contribution in [2.75, 3.05) is 36.3 Å². The molecule has 1 saturated heterocycles. The van der Waals surface area contributed by atoms with Crippen LogP contribution in [-0.4, -0.2) is 50.5 Å². The van der Waals surface area contributed by atoms with E-state index < -0.39 is 10.0 Å². The molecule has 2 heterocycles. The van der Waals surface area contributed by atoms with Crippen molar-refractivity contribution in [2.45, 2.75) is 11.4 Å². The average Bonchev–Trinajstić information content (AvgIpc) is 2.81. The molecule has 1 amide bonds. The van der Waals surface area contributed by atoms with Gasteiger partial charge in [0.1, 0.15) is 0 Å². The molecule has 0 unspecified atom stereocenters. The number of nitrogens with zero attached hydrogens (tertiary/aromatic N) is 2. The molecule has 32 heavy (non-hydrogen) atoms. The maximum Gasteiger partial charge on any atom is 0.261 e. The summed E-state index contributed by atoms with van der Waals surface area (Å²) < 4.78 is 32.8. The fraction of sp³-hybridized carbons (Fsp3) is 0.217. The molecule has 0 radical (unpaired) electrons. The molecular formula is C23H24N4O4S. The first-order chi connectivity index (χ1) is 15.5. The largest absolute Gasteiger partial charge is 0.379 e. The first-order valence-electron chi connectivity index (χ1n) is 10.2. The van der Waals surface area contributed by atoms with Crippen LogP contribution in [0.1, 0.15) is 15.9 Å². The van der Waals surface area contributed by atoms with Crippen LogP contribution < -0.4 is 10.0 Å². The number of anilines is 2. The second kappa shape index (κ2) is 9.90. The number of amides is 1. The topological polar surface area (TPSA) is 101 Å². The van der Waals surface area contributed by atoms with Crippen molar-refractivity contribution < 1.29 is 17.9 Å². The molecule has 0 spiro atoms. The minimum atomic E-state index is -3.74. The molecule has 0 aliphatic carbocycles. The number of hydrogen-bond donors (Lipinski definition) is 2. The Hall–Kier alpha value is -3.27. The number of nitrogens with one attached hydrogen (secondary N) is 2. The van der Waals surface area contributed by atoms with Gasteiger partial charge < -0.3 is 10.1 Å². The third-order valence-corrected chi connectivity index (χ3v) is 6.46. The van der Waals surface area contributed by atoms with Gasteiger partial charge in [-0.25, -0.2) is 8.42 Å². The van der Waals surface area contributed by atoms with Crippen molar-refractivity contribution in [1.29, 1.82) is 0 Å². The number of sulfonamides is 1. The molecule has 1 fully saturated rings. The standard InChI is InChI=1S/C23H24N4O4S/c28-23(19-5-3-18(4-6-19)17-27-12-14-31-15-13-27)25-20-7-9-22(10-8-20)32(29,30)26-21-2-1-11-24-16-21/h1-11,16,26H,12-15,17H2,(H,25,28). The van der Waals surface area contributed by atoms with E-state index in [0.29, 0.717) is 16.9 Å². The highest BCUT2D eigenvalue weighted by Crippen LogP contribution is 2.18. The normalized spacial score (nSPS) is 14.6. The van der Waals surface area contributed by atoms with Crippen molar-refractivity contribution in [2.24, 2.45) is 0 Å². The van der Waals surface area contributed by atoms with E-state index in [9.17, 15) is 13.2 Å². The molecule has 0 bridgehead atoms. The molecule has 2 aromatic carbocycles. The Morgan fingerprint density at radius 3 is 2.34 bits per heavy atom. The van der Waals surface area contributed by atoms with E-state index in [0.717, 1.165) is 38.4 Å². The number of morpholine rings is 1. The highest BCUT2D eigenvalue weighted by Gasteiger charge is 2.15. The summed E-state index contributed by atoms with van der Waals surface area (Å²) in [6.45, 7) is 4.14. The fourth-order valence-electron chi connectivity index (χ4n) is 3.34. The summed E-state index contributed by atoms with van der Waals surface area (Å²) in [4.78, 5) is 18.9. The Kier molecular flexibility index (Phi) is 6.79. The summed E-state index contributed by atoms with van der Waals surface area (Å²) in [5, 5.41) is 2.80. The average molecular weight is 453 g/mol. The number of carbonyl (C=O) groups is 1. The SMILES string of the molecule is O=C(Nc1ccc(S(=O)(=O)Nc2cccnc2)cc1)c1ccc(CN2CCOCC2)cc1. The summed E-state index contributed by atoms with van der Waals surface area (Å²) in [7, 11) is -3.74. The monoisotopic (exact) mass is 452 g/mol. The highest BCUT2D eigenvalue weighted by atomic mass is 32.2. The van der Waals surface area contributed by atoms with Crippen molar-refractivity contribution in [1.82, 2.24) is 9.88 Å². The van der Waals surface area contributed by atoms with Crippen LogP contribution >= 0.6 is 0 Å². The molecule has 1 aromatic heterocycles. The number of pyridine rings is 1. The van der Waals surface area contributed by atoms with Crippen molar-refractivity contribution in [3.05, 3.63) is 84.2 Å². The zero-order valence-electron chi connectivity index (χ0n) is 17.4. The first kappa shape index (κ1) is 21.9. The minimum absolute atomic E-state index is 0.0896. The summed E-state index contributed by atoms with van der Waals surface area (Å²) in [5.41, 5.74) is 2.56. The lowest BCUT2D eigenvalue weighted by Crippen LogP contribution is -2.35. The van der Waals surface area contributed by atoms with Gasteiger partial charge >= 0.3 is 0 Å². The summed E-state index contributed by atoms with van der Waals surface area (Å²) >= 11 is 0. The van der Waals surface area contributed by atoms with Gasteiger partial charge in [-0.05, 0) is 54.1 Å². The quantitative estimate of drug-likeness (QED) is 0.572. The molecule has 2 N–H and O–H groups in total. The van der Waals surface area contributed by atoms with Crippen LogP contribution in [0.25, 0.3) is 0 Å². The Bertz CT molecular complexity index is 1140. The van der Waals surface area contributed by atoms with Crippen LogP contribution in [0.15, 0.2) is 78.0 Å². The van der Waals surface area contributed by atoms with E-state index in [2.05, 4.69) is 19.9 Å². The van der Waals surface area contributed by atoms with Crippen LogP contribution in [0.3, 0.4) is 0 Å². The lowest BCUT2D eigenvalue weighted by atomic mass is 10.1. The predicted molar refractivity (Wildman–Crippen MR) is 122 cm³/mol. The van der Waals surface area contributed by atoms with E-state index in [1.54, 1.807) is 42.6 Å². The van der Waals surface area contributed by atoms with Gasteiger partial charge in [0, 0.05) is 37.1 Å². The smallest absolute Gasteiger partial charge is 0.261 e. The van der Waals surface area contributed by atoms with E-state index in [4.69, 9.17) is 4.74 Å². The summed E-state index contributed by atoms with van der Waals surface area (Å²) in [5.74, 6) is -0.257.